The molecular weight excluding hydrogens is 368 g/mol. The first-order valence-corrected chi connectivity index (χ1v) is 10.1. The Kier molecular flexibility index (Phi) is 6.31. The van der Waals surface area contributed by atoms with Crippen molar-refractivity contribution < 1.29 is 4.79 Å². The van der Waals surface area contributed by atoms with Crippen LogP contribution in [0.5, 0.6) is 0 Å². The van der Waals surface area contributed by atoms with Gasteiger partial charge < -0.3 is 5.32 Å². The van der Waals surface area contributed by atoms with Gasteiger partial charge in [-0.15, -0.1) is 16.8 Å². The lowest BCUT2D eigenvalue weighted by molar-refractivity contribution is -0.113. The van der Waals surface area contributed by atoms with E-state index in [1.807, 2.05) is 67.8 Å². The van der Waals surface area contributed by atoms with E-state index in [2.05, 4.69) is 28.2 Å². The van der Waals surface area contributed by atoms with Crippen LogP contribution in [0.4, 0.5) is 5.69 Å². The van der Waals surface area contributed by atoms with Crippen LogP contribution in [0.1, 0.15) is 16.7 Å². The van der Waals surface area contributed by atoms with Crippen molar-refractivity contribution in [3.63, 3.8) is 0 Å². The number of allylic oxidation sites excluding steroid dienone is 1. The van der Waals surface area contributed by atoms with Crippen LogP contribution in [0.25, 0.3) is 11.4 Å². The van der Waals surface area contributed by atoms with Gasteiger partial charge in [0.25, 0.3) is 0 Å². The molecule has 0 bridgehead atoms. The van der Waals surface area contributed by atoms with E-state index in [1.165, 1.54) is 11.8 Å². The van der Waals surface area contributed by atoms with Crippen molar-refractivity contribution in [2.75, 3.05) is 11.1 Å². The van der Waals surface area contributed by atoms with Gasteiger partial charge in [0.05, 0.1) is 5.75 Å². The highest BCUT2D eigenvalue weighted by Crippen LogP contribution is 2.26. The summed E-state index contributed by atoms with van der Waals surface area (Å²) in [5.41, 5.74) is 5.22. The molecule has 28 heavy (non-hydrogen) atoms. The number of nitrogens with one attached hydrogen (secondary N) is 1. The van der Waals surface area contributed by atoms with Gasteiger partial charge in [0.2, 0.25) is 5.91 Å². The van der Waals surface area contributed by atoms with Crippen molar-refractivity contribution in [3.8, 4) is 11.4 Å². The minimum Gasteiger partial charge on any atom is -0.325 e. The fourth-order valence-electron chi connectivity index (χ4n) is 3.09. The number of amides is 1. The molecule has 1 aromatic heterocycles. The Morgan fingerprint density at radius 2 is 1.86 bits per heavy atom. The molecule has 0 radical (unpaired) electrons. The topological polar surface area (TPSA) is 59.8 Å². The number of hydrogen-bond acceptors (Lipinski definition) is 4. The number of thioether (sulfide) groups is 1. The van der Waals surface area contributed by atoms with Crippen molar-refractivity contribution in [3.05, 3.63) is 71.8 Å². The number of carbonyl (C=O) groups is 1. The molecule has 5 nitrogen and oxygen atoms in total. The molecule has 0 saturated heterocycles. The summed E-state index contributed by atoms with van der Waals surface area (Å²) in [4.78, 5) is 12.4. The van der Waals surface area contributed by atoms with Crippen LogP contribution in [0.15, 0.2) is 60.3 Å². The van der Waals surface area contributed by atoms with Crippen molar-refractivity contribution in [1.82, 2.24) is 14.8 Å². The lowest BCUT2D eigenvalue weighted by Gasteiger charge is -2.10. The van der Waals surface area contributed by atoms with Crippen LogP contribution >= 0.6 is 11.8 Å². The van der Waals surface area contributed by atoms with Crippen molar-refractivity contribution in [2.45, 2.75) is 32.5 Å². The summed E-state index contributed by atoms with van der Waals surface area (Å²) in [6.07, 6.45) is 1.81. The molecule has 3 aromatic rings. The zero-order valence-electron chi connectivity index (χ0n) is 16.4. The fraction of sp³-hybridized carbons (Fsp3) is 0.227. The fourth-order valence-corrected chi connectivity index (χ4v) is 3.83. The number of rotatable bonds is 7. The minimum atomic E-state index is -0.0689. The molecule has 2 aromatic carbocycles. The highest BCUT2D eigenvalue weighted by Gasteiger charge is 2.16. The molecular formula is C22H24N4OS. The molecule has 1 heterocycles. The van der Waals surface area contributed by atoms with Crippen molar-refractivity contribution >= 4 is 23.4 Å². The molecule has 1 amide bonds. The first-order valence-electron chi connectivity index (χ1n) is 9.09. The number of aromatic nitrogens is 3. The molecule has 0 spiro atoms. The Hall–Kier alpha value is -2.86. The summed E-state index contributed by atoms with van der Waals surface area (Å²) in [7, 11) is 0. The molecule has 0 saturated carbocycles. The lowest BCUT2D eigenvalue weighted by Crippen LogP contribution is -2.15. The highest BCUT2D eigenvalue weighted by atomic mass is 32.2. The van der Waals surface area contributed by atoms with E-state index in [9.17, 15) is 4.79 Å². The zero-order valence-corrected chi connectivity index (χ0v) is 17.2. The zero-order chi connectivity index (χ0) is 20.1. The molecule has 0 unspecified atom stereocenters. The maximum absolute atomic E-state index is 12.4. The van der Waals surface area contributed by atoms with E-state index in [0.717, 1.165) is 33.8 Å². The maximum Gasteiger partial charge on any atom is 0.234 e. The summed E-state index contributed by atoms with van der Waals surface area (Å²) in [6.45, 7) is 10.5. The van der Waals surface area contributed by atoms with Crippen molar-refractivity contribution in [2.24, 2.45) is 0 Å². The number of anilines is 1. The Balaban J connectivity index is 1.74. The Morgan fingerprint density at radius 1 is 1.14 bits per heavy atom. The largest absolute Gasteiger partial charge is 0.325 e. The Morgan fingerprint density at radius 3 is 2.54 bits per heavy atom. The van der Waals surface area contributed by atoms with E-state index < -0.39 is 0 Å². The molecule has 1 N–H and O–H groups in total. The predicted molar refractivity (Wildman–Crippen MR) is 116 cm³/mol. The van der Waals surface area contributed by atoms with Gasteiger partial charge in [-0.25, -0.2) is 0 Å². The second-order valence-corrected chi connectivity index (χ2v) is 7.68. The third-order valence-corrected chi connectivity index (χ3v) is 5.22. The first kappa shape index (κ1) is 19.9. The summed E-state index contributed by atoms with van der Waals surface area (Å²) in [6, 6.07) is 14.1. The number of nitrogens with zero attached hydrogens (tertiary/aromatic N) is 3. The quantitative estimate of drug-likeness (QED) is 0.464. The predicted octanol–water partition coefficient (Wildman–Crippen LogP) is 4.79. The molecule has 0 fully saturated rings. The van der Waals surface area contributed by atoms with E-state index in [4.69, 9.17) is 0 Å². The van der Waals surface area contributed by atoms with Gasteiger partial charge in [0.15, 0.2) is 11.0 Å². The van der Waals surface area contributed by atoms with Gasteiger partial charge in [0, 0.05) is 17.8 Å². The third-order valence-electron chi connectivity index (χ3n) is 4.25. The second kappa shape index (κ2) is 8.89. The minimum absolute atomic E-state index is 0.0689. The summed E-state index contributed by atoms with van der Waals surface area (Å²) < 4.78 is 1.99. The molecule has 0 atom stereocenters. The number of benzene rings is 2. The molecule has 3 rings (SSSR count). The van der Waals surface area contributed by atoms with Gasteiger partial charge in [0.1, 0.15) is 0 Å². The lowest BCUT2D eigenvalue weighted by atomic mass is 10.1. The Labute approximate surface area is 169 Å². The second-order valence-electron chi connectivity index (χ2n) is 6.73. The third kappa shape index (κ3) is 4.70. The van der Waals surface area contributed by atoms with Gasteiger partial charge in [-0.1, -0.05) is 48.2 Å². The monoisotopic (exact) mass is 392 g/mol. The van der Waals surface area contributed by atoms with E-state index >= 15 is 0 Å². The van der Waals surface area contributed by atoms with Gasteiger partial charge in [-0.2, -0.15) is 0 Å². The average Bonchev–Trinajstić information content (AvgIpc) is 3.02. The van der Waals surface area contributed by atoms with E-state index in [-0.39, 0.29) is 11.7 Å². The number of hydrogen-bond donors (Lipinski definition) is 1. The summed E-state index contributed by atoms with van der Waals surface area (Å²) >= 11 is 1.37. The van der Waals surface area contributed by atoms with E-state index in [1.54, 1.807) is 0 Å². The van der Waals surface area contributed by atoms with Crippen LogP contribution in [-0.2, 0) is 11.3 Å². The summed E-state index contributed by atoms with van der Waals surface area (Å²) in [5, 5.41) is 12.3. The van der Waals surface area contributed by atoms with Gasteiger partial charge in [-0.05, 0) is 49.6 Å². The van der Waals surface area contributed by atoms with Crippen LogP contribution in [-0.4, -0.2) is 26.4 Å². The number of carbonyl (C=O) groups excluding carboxylic acids is 1. The number of aryl methyl sites for hydroxylation is 3. The molecule has 6 heteroatoms. The molecule has 144 valence electrons. The van der Waals surface area contributed by atoms with Gasteiger partial charge in [-0.3, -0.25) is 9.36 Å². The SMILES string of the molecule is C=CCn1c(SCC(=O)Nc2cc(C)cc(C)c2)nnc1-c1ccccc1C. The highest BCUT2D eigenvalue weighted by molar-refractivity contribution is 7.99. The molecule has 0 aliphatic carbocycles. The van der Waals surface area contributed by atoms with E-state index in [0.29, 0.717) is 11.7 Å². The summed E-state index contributed by atoms with van der Waals surface area (Å²) in [5.74, 6) is 0.978. The molecule has 0 aliphatic rings. The Bertz CT molecular complexity index is 989. The van der Waals surface area contributed by atoms with Crippen LogP contribution in [0.3, 0.4) is 0 Å². The standard InChI is InChI=1S/C22H24N4OS/c1-5-10-26-21(19-9-7-6-8-17(19)4)24-25-22(26)28-14-20(27)23-18-12-15(2)11-16(3)13-18/h5-9,11-13H,1,10,14H2,2-4H3,(H,23,27). The van der Waals surface area contributed by atoms with Crippen LogP contribution < -0.4 is 5.32 Å². The van der Waals surface area contributed by atoms with Crippen molar-refractivity contribution in [1.29, 1.82) is 0 Å². The maximum atomic E-state index is 12.4. The molecule has 0 aliphatic heterocycles. The van der Waals surface area contributed by atoms with Crippen LogP contribution in [0.2, 0.25) is 0 Å². The normalized spacial score (nSPS) is 10.7. The average molecular weight is 393 g/mol. The van der Waals surface area contributed by atoms with Gasteiger partial charge >= 0.3 is 0 Å². The smallest absolute Gasteiger partial charge is 0.234 e. The van der Waals surface area contributed by atoms with Crippen LogP contribution in [0, 0.1) is 20.8 Å². The first-order chi connectivity index (χ1) is 13.5.